The zero-order valence-electron chi connectivity index (χ0n) is 24.3. The molecule has 2 aliphatic heterocycles. The van der Waals surface area contributed by atoms with Gasteiger partial charge in [0, 0.05) is 24.8 Å². The molecular weight excluding hydrogens is 537 g/mol. The van der Waals surface area contributed by atoms with E-state index in [9.17, 15) is 14.2 Å². The summed E-state index contributed by atoms with van der Waals surface area (Å²) < 4.78 is 47.9. The fraction of sp³-hybridized carbons (Fsp3) is 0.690. The molecule has 7 unspecified atom stereocenters. The molecule has 2 heterocycles. The first kappa shape index (κ1) is 32.4. The summed E-state index contributed by atoms with van der Waals surface area (Å²) in [6.07, 6.45) is -0.733. The number of ether oxygens (including phenoxy) is 3. The number of phosphoric acid groups is 1. The molecule has 0 amide bonds. The number of esters is 1. The predicted molar refractivity (Wildman–Crippen MR) is 148 cm³/mol. The summed E-state index contributed by atoms with van der Waals surface area (Å²) in [5, 5.41) is 0. The van der Waals surface area contributed by atoms with Crippen LogP contribution in [0.4, 0.5) is 0 Å². The molecule has 1 aromatic carbocycles. The van der Waals surface area contributed by atoms with E-state index in [0.717, 1.165) is 16.7 Å². The van der Waals surface area contributed by atoms with Crippen LogP contribution >= 0.6 is 7.82 Å². The van der Waals surface area contributed by atoms with Gasteiger partial charge in [-0.15, -0.1) is 0 Å². The Labute approximate surface area is 237 Å². The molecule has 0 aliphatic carbocycles. The minimum absolute atomic E-state index is 0.00311. The number of phosphoric ester groups is 1. The topological polar surface area (TPSA) is 111 Å². The Morgan fingerprint density at radius 1 is 1.00 bits per heavy atom. The molecule has 222 valence electrons. The summed E-state index contributed by atoms with van der Waals surface area (Å²) in [5.41, 5.74) is 3.79. The second-order valence-electron chi connectivity index (χ2n) is 10.6. The van der Waals surface area contributed by atoms with Gasteiger partial charge in [-0.25, -0.2) is 11.1 Å². The van der Waals surface area contributed by atoms with Crippen LogP contribution in [0.15, 0.2) is 12.1 Å². The van der Waals surface area contributed by atoms with Crippen LogP contribution in [0.5, 0.6) is 0 Å². The number of benzene rings is 1. The van der Waals surface area contributed by atoms with Crippen molar-refractivity contribution in [2.75, 3.05) is 19.8 Å². The van der Waals surface area contributed by atoms with Crippen LogP contribution in [-0.2, 0) is 37.1 Å². The van der Waals surface area contributed by atoms with Gasteiger partial charge in [-0.1, -0.05) is 6.92 Å². The lowest BCUT2D eigenvalue weighted by atomic mass is 9.97. The molecule has 2 aliphatic rings. The van der Waals surface area contributed by atoms with Crippen LogP contribution in [0.3, 0.4) is 0 Å². The van der Waals surface area contributed by atoms with E-state index in [0.29, 0.717) is 24.8 Å². The van der Waals surface area contributed by atoms with Gasteiger partial charge >= 0.3 is 13.8 Å². The number of carbonyl (C=O) groups is 2. The number of hydrogen-bond donors (Lipinski definition) is 0. The molecule has 0 saturated carbocycles. The molecule has 0 radical (unpaired) electrons. The highest BCUT2D eigenvalue weighted by molar-refractivity contribution is 7.48. The van der Waals surface area contributed by atoms with Crippen LogP contribution in [0.25, 0.3) is 4.85 Å². The van der Waals surface area contributed by atoms with Crippen LogP contribution in [0.1, 0.15) is 79.9 Å². The predicted octanol–water partition coefficient (Wildman–Crippen LogP) is 5.70. The summed E-state index contributed by atoms with van der Waals surface area (Å²) in [4.78, 5) is 28.6. The molecule has 0 bridgehead atoms. The number of rotatable bonds is 14. The second-order valence-corrected chi connectivity index (χ2v) is 12.3. The second kappa shape index (κ2) is 14.7. The van der Waals surface area contributed by atoms with E-state index < -0.39 is 32.1 Å². The molecule has 40 heavy (non-hydrogen) atoms. The lowest BCUT2D eigenvalue weighted by molar-refractivity contribution is -0.152. The van der Waals surface area contributed by atoms with Crippen LogP contribution < -0.4 is 0 Å². The molecular formula is C29H42NO9P. The Kier molecular flexibility index (Phi) is 11.9. The zero-order chi connectivity index (χ0) is 29.4. The van der Waals surface area contributed by atoms with E-state index in [1.54, 1.807) is 0 Å². The fourth-order valence-electron chi connectivity index (χ4n) is 4.99. The van der Waals surface area contributed by atoms with Crippen molar-refractivity contribution in [3.63, 3.8) is 0 Å². The summed E-state index contributed by atoms with van der Waals surface area (Å²) in [6, 6.07) is 3.69. The van der Waals surface area contributed by atoms with E-state index in [1.165, 1.54) is 0 Å². The minimum atomic E-state index is -4.07. The number of aryl methyl sites for hydroxylation is 2. The van der Waals surface area contributed by atoms with Crippen molar-refractivity contribution in [2.24, 2.45) is 0 Å². The van der Waals surface area contributed by atoms with Gasteiger partial charge < -0.3 is 19.1 Å². The summed E-state index contributed by atoms with van der Waals surface area (Å²) >= 11 is 0. The number of nitrogens with zero attached hydrogens (tertiary/aromatic N) is 1. The number of ketones is 1. The van der Waals surface area contributed by atoms with Crippen molar-refractivity contribution in [1.82, 2.24) is 0 Å². The molecule has 2 fully saturated rings. The Bertz CT molecular complexity index is 1110. The molecule has 2 saturated heterocycles. The van der Waals surface area contributed by atoms with Crippen molar-refractivity contribution in [1.29, 1.82) is 0 Å². The SMILES string of the molecule is [C-]#[N+]CCOP(=O)(OCC1OC(C)CC1OC(=O)CCC(=O)c1cc(C)c(C)c(C)c1)OC1CC(C)OC1CC. The van der Waals surface area contributed by atoms with Gasteiger partial charge in [-0.3, -0.25) is 23.2 Å². The van der Waals surface area contributed by atoms with Crippen molar-refractivity contribution < 1.29 is 41.9 Å². The van der Waals surface area contributed by atoms with Crippen molar-refractivity contribution in [2.45, 2.75) is 110 Å². The number of carbonyl (C=O) groups excluding carboxylic acids is 2. The van der Waals surface area contributed by atoms with Crippen molar-refractivity contribution in [3.8, 4) is 0 Å². The van der Waals surface area contributed by atoms with Crippen molar-refractivity contribution >= 4 is 19.6 Å². The maximum atomic E-state index is 13.5. The zero-order valence-corrected chi connectivity index (χ0v) is 25.2. The molecule has 11 heteroatoms. The van der Waals surface area contributed by atoms with Gasteiger partial charge in [0.2, 0.25) is 6.54 Å². The lowest BCUT2D eigenvalue weighted by Crippen LogP contribution is -2.32. The largest absolute Gasteiger partial charge is 0.475 e. The minimum Gasteiger partial charge on any atom is -0.459 e. The third-order valence-corrected chi connectivity index (χ3v) is 8.87. The molecule has 0 aromatic heterocycles. The van der Waals surface area contributed by atoms with Gasteiger partial charge in [0.05, 0.1) is 37.4 Å². The number of hydrogen-bond acceptors (Lipinski definition) is 9. The monoisotopic (exact) mass is 579 g/mol. The van der Waals surface area contributed by atoms with E-state index in [4.69, 9.17) is 34.4 Å². The molecule has 1 aromatic rings. The maximum Gasteiger partial charge on any atom is 0.475 e. The smallest absolute Gasteiger partial charge is 0.459 e. The molecule has 10 nitrogen and oxygen atoms in total. The Hall–Kier alpha value is -2.12. The Morgan fingerprint density at radius 2 is 1.62 bits per heavy atom. The van der Waals surface area contributed by atoms with Gasteiger partial charge in [-0.05, 0) is 69.9 Å². The van der Waals surface area contributed by atoms with Crippen LogP contribution in [0, 0.1) is 27.3 Å². The van der Waals surface area contributed by atoms with E-state index in [2.05, 4.69) is 4.85 Å². The third-order valence-electron chi connectivity index (χ3n) is 7.38. The molecule has 3 rings (SSSR count). The van der Waals surface area contributed by atoms with Gasteiger partial charge in [-0.2, -0.15) is 0 Å². The highest BCUT2D eigenvalue weighted by atomic mass is 31.2. The summed E-state index contributed by atoms with van der Waals surface area (Å²) in [7, 11) is -4.07. The summed E-state index contributed by atoms with van der Waals surface area (Å²) in [6.45, 7) is 18.3. The third kappa shape index (κ3) is 8.94. The van der Waals surface area contributed by atoms with Crippen LogP contribution in [-0.4, -0.2) is 68.1 Å². The highest BCUT2D eigenvalue weighted by Crippen LogP contribution is 2.53. The fourth-order valence-corrected chi connectivity index (χ4v) is 6.38. The van der Waals surface area contributed by atoms with E-state index in [-0.39, 0.29) is 56.7 Å². The van der Waals surface area contributed by atoms with E-state index in [1.807, 2.05) is 53.7 Å². The van der Waals surface area contributed by atoms with Gasteiger partial charge in [0.1, 0.15) is 18.8 Å². The Morgan fingerprint density at radius 3 is 2.25 bits per heavy atom. The molecule has 0 spiro atoms. The first-order chi connectivity index (χ1) is 18.9. The van der Waals surface area contributed by atoms with Gasteiger partial charge in [0.25, 0.3) is 0 Å². The summed E-state index contributed by atoms with van der Waals surface area (Å²) in [5.74, 6) is -0.637. The number of Topliss-reactive ketones (excluding diaryl/α,β-unsaturated/α-hetero) is 1. The van der Waals surface area contributed by atoms with Crippen molar-refractivity contribution in [3.05, 3.63) is 45.8 Å². The average molecular weight is 580 g/mol. The quantitative estimate of drug-likeness (QED) is 0.0901. The van der Waals surface area contributed by atoms with E-state index >= 15 is 0 Å². The molecule has 7 atom stereocenters. The highest BCUT2D eigenvalue weighted by Gasteiger charge is 2.43. The first-order valence-electron chi connectivity index (χ1n) is 14.0. The van der Waals surface area contributed by atoms with Crippen LogP contribution in [0.2, 0.25) is 0 Å². The standard InChI is InChI=1S/C29H42NO9P/c1-8-25-27(16-21(5)36-25)39-40(33,34-12-11-30-7)35-17-28-26(15-20(4)37-28)38-29(32)10-9-24(31)23-13-18(2)22(6)19(3)14-23/h13-14,20-21,25-28H,8-12,15-17H2,1-6H3. The Balaban J connectivity index is 1.57. The normalized spacial score (nSPS) is 27.7. The molecule has 0 N–H and O–H groups in total. The average Bonchev–Trinajstić information content (AvgIpc) is 3.44. The maximum absolute atomic E-state index is 13.5. The first-order valence-corrected chi connectivity index (χ1v) is 15.4. The lowest BCUT2D eigenvalue weighted by Gasteiger charge is -2.25. The van der Waals surface area contributed by atoms with Gasteiger partial charge in [0.15, 0.2) is 5.78 Å².